The minimum Gasteiger partial charge on any atom is -0.494 e. The highest BCUT2D eigenvalue weighted by molar-refractivity contribution is 6.04. The van der Waals surface area contributed by atoms with Gasteiger partial charge in [-0.2, -0.15) is 8.78 Å². The van der Waals surface area contributed by atoms with Gasteiger partial charge in [0.2, 0.25) is 5.91 Å². The number of benzene rings is 3. The highest BCUT2D eigenvalue weighted by Gasteiger charge is 2.09. The summed E-state index contributed by atoms with van der Waals surface area (Å²) in [5, 5.41) is 5.53. The standard InChI is InChI=1S/C24H22F2N2O4/c1-2-31-20-13-9-19(10-14-20)28-23(30)17-5-7-18(8-6-17)27-22(29)15-16-3-11-21(12-4-16)32-24(25)26/h3-14,24H,2,15H2,1H3,(H,27,29)(H,28,30). The number of halogens is 2. The first-order valence-corrected chi connectivity index (χ1v) is 9.91. The fourth-order valence-electron chi connectivity index (χ4n) is 2.89. The monoisotopic (exact) mass is 440 g/mol. The average molecular weight is 440 g/mol. The quantitative estimate of drug-likeness (QED) is 0.484. The van der Waals surface area contributed by atoms with Gasteiger partial charge in [-0.3, -0.25) is 9.59 Å². The van der Waals surface area contributed by atoms with Gasteiger partial charge >= 0.3 is 6.61 Å². The molecule has 3 aromatic rings. The molecule has 0 saturated heterocycles. The third-order valence-electron chi connectivity index (χ3n) is 4.37. The molecule has 0 aromatic heterocycles. The van der Waals surface area contributed by atoms with Crippen molar-refractivity contribution in [2.24, 2.45) is 0 Å². The Morgan fingerprint density at radius 3 is 1.97 bits per heavy atom. The number of amides is 2. The highest BCUT2D eigenvalue weighted by atomic mass is 19.3. The lowest BCUT2D eigenvalue weighted by Crippen LogP contribution is -2.15. The van der Waals surface area contributed by atoms with E-state index in [0.29, 0.717) is 29.1 Å². The fourth-order valence-corrected chi connectivity index (χ4v) is 2.89. The number of rotatable bonds is 9. The Balaban J connectivity index is 1.52. The molecule has 0 spiro atoms. The van der Waals surface area contributed by atoms with Crippen LogP contribution < -0.4 is 20.1 Å². The van der Waals surface area contributed by atoms with Crippen molar-refractivity contribution in [2.45, 2.75) is 20.0 Å². The molecule has 0 fully saturated rings. The van der Waals surface area contributed by atoms with E-state index >= 15 is 0 Å². The summed E-state index contributed by atoms with van der Waals surface area (Å²) in [6, 6.07) is 19.4. The maximum Gasteiger partial charge on any atom is 0.387 e. The maximum absolute atomic E-state index is 12.4. The summed E-state index contributed by atoms with van der Waals surface area (Å²) in [5.74, 6) is 0.198. The normalized spacial score (nSPS) is 10.5. The maximum atomic E-state index is 12.4. The fraction of sp³-hybridized carbons (Fsp3) is 0.167. The number of hydrogen-bond donors (Lipinski definition) is 2. The zero-order valence-electron chi connectivity index (χ0n) is 17.3. The van der Waals surface area contributed by atoms with Gasteiger partial charge in [-0.25, -0.2) is 0 Å². The van der Waals surface area contributed by atoms with Gasteiger partial charge in [-0.15, -0.1) is 0 Å². The van der Waals surface area contributed by atoms with Gasteiger partial charge in [0, 0.05) is 16.9 Å². The number of carbonyl (C=O) groups excluding carboxylic acids is 2. The van der Waals surface area contributed by atoms with E-state index in [4.69, 9.17) is 4.74 Å². The van der Waals surface area contributed by atoms with Crippen LogP contribution in [0.3, 0.4) is 0 Å². The summed E-state index contributed by atoms with van der Waals surface area (Å²) in [5.41, 5.74) is 2.26. The van der Waals surface area contributed by atoms with Gasteiger partial charge < -0.3 is 20.1 Å². The Morgan fingerprint density at radius 1 is 0.812 bits per heavy atom. The Morgan fingerprint density at radius 2 is 1.38 bits per heavy atom. The van der Waals surface area contributed by atoms with Crippen LogP contribution in [0.2, 0.25) is 0 Å². The van der Waals surface area contributed by atoms with E-state index in [0.717, 1.165) is 5.75 Å². The predicted octanol–water partition coefficient (Wildman–Crippen LogP) is 5.12. The number of ether oxygens (including phenoxy) is 2. The minimum absolute atomic E-state index is 0.0308. The summed E-state index contributed by atoms with van der Waals surface area (Å²) in [7, 11) is 0. The van der Waals surface area contributed by atoms with Crippen molar-refractivity contribution in [3.05, 3.63) is 83.9 Å². The van der Waals surface area contributed by atoms with E-state index in [1.165, 1.54) is 12.1 Å². The lowest BCUT2D eigenvalue weighted by molar-refractivity contribution is -0.115. The van der Waals surface area contributed by atoms with Gasteiger partial charge in [0.25, 0.3) is 5.91 Å². The third-order valence-corrected chi connectivity index (χ3v) is 4.37. The van der Waals surface area contributed by atoms with Gasteiger partial charge in [0.15, 0.2) is 0 Å². The molecule has 3 rings (SSSR count). The van der Waals surface area contributed by atoms with Gasteiger partial charge in [-0.05, 0) is 73.2 Å². The second-order valence-corrected chi connectivity index (χ2v) is 6.74. The van der Waals surface area contributed by atoms with E-state index < -0.39 is 6.61 Å². The minimum atomic E-state index is -2.89. The van der Waals surface area contributed by atoms with Crippen LogP contribution in [-0.4, -0.2) is 25.0 Å². The summed E-state index contributed by atoms with van der Waals surface area (Å²) < 4.78 is 34.0. The molecule has 6 nitrogen and oxygen atoms in total. The molecule has 0 aliphatic carbocycles. The van der Waals surface area contributed by atoms with E-state index in [2.05, 4.69) is 15.4 Å². The van der Waals surface area contributed by atoms with Crippen LogP contribution in [0.25, 0.3) is 0 Å². The van der Waals surface area contributed by atoms with Crippen molar-refractivity contribution in [2.75, 3.05) is 17.2 Å². The first kappa shape index (κ1) is 22.7. The van der Waals surface area contributed by atoms with Crippen LogP contribution in [0.1, 0.15) is 22.8 Å². The molecule has 0 aliphatic heterocycles. The molecule has 166 valence electrons. The predicted molar refractivity (Wildman–Crippen MR) is 117 cm³/mol. The molecule has 0 atom stereocenters. The number of nitrogens with one attached hydrogen (secondary N) is 2. The number of alkyl halides is 2. The third kappa shape index (κ3) is 6.80. The topological polar surface area (TPSA) is 76.7 Å². The van der Waals surface area contributed by atoms with Gasteiger partial charge in [-0.1, -0.05) is 12.1 Å². The Kier molecular flexibility index (Phi) is 7.75. The molecule has 32 heavy (non-hydrogen) atoms. The lowest BCUT2D eigenvalue weighted by Gasteiger charge is -2.09. The lowest BCUT2D eigenvalue weighted by atomic mass is 10.1. The largest absolute Gasteiger partial charge is 0.494 e. The SMILES string of the molecule is CCOc1ccc(NC(=O)c2ccc(NC(=O)Cc3ccc(OC(F)F)cc3)cc2)cc1. The van der Waals surface area contributed by atoms with Crippen LogP contribution in [0.4, 0.5) is 20.2 Å². The van der Waals surface area contributed by atoms with E-state index in [9.17, 15) is 18.4 Å². The summed E-state index contributed by atoms with van der Waals surface area (Å²) in [6.45, 7) is -0.431. The van der Waals surface area contributed by atoms with Crippen molar-refractivity contribution in [3.63, 3.8) is 0 Å². The summed E-state index contributed by atoms with van der Waals surface area (Å²) in [4.78, 5) is 24.6. The second-order valence-electron chi connectivity index (χ2n) is 6.74. The van der Waals surface area contributed by atoms with E-state index in [-0.39, 0.29) is 24.0 Å². The number of anilines is 2. The van der Waals surface area contributed by atoms with Crippen molar-refractivity contribution in [3.8, 4) is 11.5 Å². The molecule has 0 bridgehead atoms. The first-order valence-electron chi connectivity index (χ1n) is 9.91. The van der Waals surface area contributed by atoms with Crippen LogP contribution in [-0.2, 0) is 11.2 Å². The van der Waals surface area contributed by atoms with Crippen molar-refractivity contribution in [1.29, 1.82) is 0 Å². The first-order chi connectivity index (χ1) is 15.4. The molecule has 2 N–H and O–H groups in total. The highest BCUT2D eigenvalue weighted by Crippen LogP contribution is 2.18. The average Bonchev–Trinajstić information content (AvgIpc) is 2.77. The van der Waals surface area contributed by atoms with Crippen LogP contribution in [0, 0.1) is 0 Å². The summed E-state index contributed by atoms with van der Waals surface area (Å²) in [6.07, 6.45) is 0.0644. The molecule has 0 heterocycles. The molecule has 8 heteroatoms. The van der Waals surface area contributed by atoms with Crippen molar-refractivity contribution in [1.82, 2.24) is 0 Å². The summed E-state index contributed by atoms with van der Waals surface area (Å²) >= 11 is 0. The zero-order chi connectivity index (χ0) is 22.9. The zero-order valence-corrected chi connectivity index (χ0v) is 17.3. The van der Waals surface area contributed by atoms with Crippen LogP contribution in [0.5, 0.6) is 11.5 Å². The van der Waals surface area contributed by atoms with Crippen LogP contribution >= 0.6 is 0 Å². The van der Waals surface area contributed by atoms with E-state index in [1.54, 1.807) is 60.7 Å². The molecule has 3 aromatic carbocycles. The van der Waals surface area contributed by atoms with Crippen molar-refractivity contribution < 1.29 is 27.8 Å². The van der Waals surface area contributed by atoms with E-state index in [1.807, 2.05) is 6.92 Å². The Bertz CT molecular complexity index is 1040. The molecule has 0 unspecified atom stereocenters. The van der Waals surface area contributed by atoms with Gasteiger partial charge in [0.1, 0.15) is 11.5 Å². The van der Waals surface area contributed by atoms with Gasteiger partial charge in [0.05, 0.1) is 13.0 Å². The Hall–Kier alpha value is -3.94. The molecule has 2 amide bonds. The molecule has 0 saturated carbocycles. The number of carbonyl (C=O) groups is 2. The molecule has 0 aliphatic rings. The van der Waals surface area contributed by atoms with Crippen molar-refractivity contribution >= 4 is 23.2 Å². The molecule has 0 radical (unpaired) electrons. The number of hydrogen-bond acceptors (Lipinski definition) is 4. The van der Waals surface area contributed by atoms with Crippen LogP contribution in [0.15, 0.2) is 72.8 Å². The smallest absolute Gasteiger partial charge is 0.387 e. The second kappa shape index (κ2) is 10.9. The Labute approximate surface area is 184 Å². The molecular formula is C24H22F2N2O4. The molecular weight excluding hydrogens is 418 g/mol.